The van der Waals surface area contributed by atoms with Crippen LogP contribution < -0.4 is 11.5 Å². The second-order valence-corrected chi connectivity index (χ2v) is 4.55. The lowest BCUT2D eigenvalue weighted by molar-refractivity contribution is -0.121. The predicted molar refractivity (Wildman–Crippen MR) is 72.2 cm³/mol. The molecule has 0 saturated heterocycles. The minimum atomic E-state index is -0.392. The predicted octanol–water partition coefficient (Wildman–Crippen LogP) is 1.49. The first-order valence-electron chi connectivity index (χ1n) is 5.65. The van der Waals surface area contributed by atoms with Gasteiger partial charge in [0.25, 0.3) is 0 Å². The zero-order valence-corrected chi connectivity index (χ0v) is 10.5. The Morgan fingerprint density at radius 3 is 2.83 bits per heavy atom. The fourth-order valence-corrected chi connectivity index (χ4v) is 2.14. The van der Waals surface area contributed by atoms with Crippen LogP contribution in [0.25, 0.3) is 10.9 Å². The number of rotatable bonds is 4. The summed E-state index contributed by atoms with van der Waals surface area (Å²) in [6.45, 7) is 0.228. The molecule has 4 nitrogen and oxygen atoms in total. The lowest BCUT2D eigenvalue weighted by atomic mass is 9.97. The summed E-state index contributed by atoms with van der Waals surface area (Å²) < 4.78 is 0. The van der Waals surface area contributed by atoms with Crippen LogP contribution in [0.2, 0.25) is 5.02 Å². The van der Waals surface area contributed by atoms with Gasteiger partial charge in [-0.25, -0.2) is 0 Å². The molecule has 5 heteroatoms. The topological polar surface area (TPSA) is 82.0 Å². The van der Waals surface area contributed by atoms with Crippen molar-refractivity contribution in [3.8, 4) is 0 Å². The zero-order chi connectivity index (χ0) is 13.1. The standard InChI is InChI=1S/C13H14ClN3O/c14-11-4-3-8(6-9(7-15)13(16)18)12-10(11)2-1-5-17-12/h1-5,9H,6-7,15H2,(H2,16,18). The van der Waals surface area contributed by atoms with E-state index in [1.807, 2.05) is 18.2 Å². The third-order valence-electron chi connectivity index (χ3n) is 2.95. The number of fused-ring (bicyclic) bond motifs is 1. The molecule has 2 rings (SSSR count). The summed E-state index contributed by atoms with van der Waals surface area (Å²) in [5.41, 5.74) is 12.6. The first-order valence-corrected chi connectivity index (χ1v) is 6.02. The first-order chi connectivity index (χ1) is 8.63. The summed E-state index contributed by atoms with van der Waals surface area (Å²) in [5.74, 6) is -0.770. The number of pyridine rings is 1. The molecule has 2 aromatic rings. The zero-order valence-electron chi connectivity index (χ0n) is 9.77. The van der Waals surface area contributed by atoms with Gasteiger partial charge in [-0.15, -0.1) is 0 Å². The molecule has 94 valence electrons. The molecule has 4 N–H and O–H groups in total. The van der Waals surface area contributed by atoms with Crippen molar-refractivity contribution in [2.45, 2.75) is 6.42 Å². The van der Waals surface area contributed by atoms with E-state index >= 15 is 0 Å². The third-order valence-corrected chi connectivity index (χ3v) is 3.28. The van der Waals surface area contributed by atoms with Crippen molar-refractivity contribution in [3.05, 3.63) is 41.0 Å². The molecule has 1 amide bonds. The van der Waals surface area contributed by atoms with E-state index in [1.54, 1.807) is 12.3 Å². The maximum Gasteiger partial charge on any atom is 0.222 e. The van der Waals surface area contributed by atoms with E-state index < -0.39 is 5.91 Å². The molecule has 1 aromatic heterocycles. The number of hydrogen-bond donors (Lipinski definition) is 2. The highest BCUT2D eigenvalue weighted by molar-refractivity contribution is 6.35. The van der Waals surface area contributed by atoms with Crippen molar-refractivity contribution < 1.29 is 4.79 Å². The molecule has 0 fully saturated rings. The van der Waals surface area contributed by atoms with Crippen molar-refractivity contribution >= 4 is 28.4 Å². The number of halogens is 1. The smallest absolute Gasteiger partial charge is 0.222 e. The van der Waals surface area contributed by atoms with Crippen LogP contribution in [-0.2, 0) is 11.2 Å². The SMILES string of the molecule is NCC(Cc1ccc(Cl)c2cccnc12)C(N)=O. The second kappa shape index (κ2) is 5.33. The van der Waals surface area contributed by atoms with Crippen LogP contribution in [-0.4, -0.2) is 17.4 Å². The molecule has 0 aliphatic rings. The Bertz CT molecular complexity index is 585. The number of amides is 1. The fraction of sp³-hybridized carbons (Fsp3) is 0.231. The molecule has 0 bridgehead atoms. The normalized spacial score (nSPS) is 12.6. The lowest BCUT2D eigenvalue weighted by Crippen LogP contribution is -2.31. The van der Waals surface area contributed by atoms with Gasteiger partial charge in [-0.3, -0.25) is 9.78 Å². The minimum Gasteiger partial charge on any atom is -0.369 e. The van der Waals surface area contributed by atoms with E-state index in [2.05, 4.69) is 4.98 Å². The van der Waals surface area contributed by atoms with Gasteiger partial charge in [0.05, 0.1) is 11.4 Å². The van der Waals surface area contributed by atoms with Crippen LogP contribution in [0, 0.1) is 5.92 Å². The third kappa shape index (κ3) is 2.44. The van der Waals surface area contributed by atoms with Gasteiger partial charge in [0.15, 0.2) is 0 Å². The van der Waals surface area contributed by atoms with Crippen LogP contribution in [0.1, 0.15) is 5.56 Å². The van der Waals surface area contributed by atoms with Gasteiger partial charge < -0.3 is 11.5 Å². The summed E-state index contributed by atoms with van der Waals surface area (Å²) in [7, 11) is 0. The van der Waals surface area contributed by atoms with Gasteiger partial charge in [-0.1, -0.05) is 17.7 Å². The Balaban J connectivity index is 2.45. The van der Waals surface area contributed by atoms with Gasteiger partial charge in [0.1, 0.15) is 0 Å². The van der Waals surface area contributed by atoms with Crippen molar-refractivity contribution in [3.63, 3.8) is 0 Å². The number of hydrogen-bond acceptors (Lipinski definition) is 3. The van der Waals surface area contributed by atoms with Crippen LogP contribution in [0.4, 0.5) is 0 Å². The van der Waals surface area contributed by atoms with Gasteiger partial charge in [-0.05, 0) is 30.2 Å². The monoisotopic (exact) mass is 263 g/mol. The number of carbonyl (C=O) groups is 1. The van der Waals surface area contributed by atoms with E-state index in [0.29, 0.717) is 11.4 Å². The number of aromatic nitrogens is 1. The Kier molecular flexibility index (Phi) is 3.79. The number of carbonyl (C=O) groups excluding carboxylic acids is 1. The number of nitrogens with two attached hydrogens (primary N) is 2. The minimum absolute atomic E-state index is 0.228. The molecule has 0 saturated carbocycles. The van der Waals surface area contributed by atoms with Crippen LogP contribution in [0.15, 0.2) is 30.5 Å². The molecule has 0 radical (unpaired) electrons. The summed E-state index contributed by atoms with van der Waals surface area (Å²) in [6, 6.07) is 7.39. The van der Waals surface area contributed by atoms with Crippen molar-refractivity contribution in [1.82, 2.24) is 4.98 Å². The highest BCUT2D eigenvalue weighted by atomic mass is 35.5. The van der Waals surface area contributed by atoms with Crippen molar-refractivity contribution in [2.24, 2.45) is 17.4 Å². The average molecular weight is 264 g/mol. The van der Waals surface area contributed by atoms with Gasteiger partial charge in [0, 0.05) is 23.2 Å². The fourth-order valence-electron chi connectivity index (χ4n) is 1.93. The maximum absolute atomic E-state index is 11.2. The van der Waals surface area contributed by atoms with Gasteiger partial charge in [-0.2, -0.15) is 0 Å². The molecule has 0 spiro atoms. The van der Waals surface area contributed by atoms with Gasteiger partial charge >= 0.3 is 0 Å². The molecule has 1 unspecified atom stereocenters. The molecule has 18 heavy (non-hydrogen) atoms. The highest BCUT2D eigenvalue weighted by Gasteiger charge is 2.16. The highest BCUT2D eigenvalue weighted by Crippen LogP contribution is 2.26. The van der Waals surface area contributed by atoms with Crippen LogP contribution >= 0.6 is 11.6 Å². The molecular weight excluding hydrogens is 250 g/mol. The second-order valence-electron chi connectivity index (χ2n) is 4.15. The van der Waals surface area contributed by atoms with E-state index in [-0.39, 0.29) is 12.5 Å². The summed E-state index contributed by atoms with van der Waals surface area (Å²) in [6.07, 6.45) is 2.18. The summed E-state index contributed by atoms with van der Waals surface area (Å²) >= 11 is 6.11. The number of primary amides is 1. The van der Waals surface area contributed by atoms with Crippen LogP contribution in [0.5, 0.6) is 0 Å². The van der Waals surface area contributed by atoms with Crippen molar-refractivity contribution in [1.29, 1.82) is 0 Å². The van der Waals surface area contributed by atoms with E-state index in [0.717, 1.165) is 16.5 Å². The Hall–Kier alpha value is -1.65. The van der Waals surface area contributed by atoms with E-state index in [9.17, 15) is 4.79 Å². The largest absolute Gasteiger partial charge is 0.369 e. The quantitative estimate of drug-likeness (QED) is 0.877. The lowest BCUT2D eigenvalue weighted by Gasteiger charge is -2.12. The molecule has 1 heterocycles. The van der Waals surface area contributed by atoms with E-state index in [4.69, 9.17) is 23.1 Å². The van der Waals surface area contributed by atoms with E-state index in [1.165, 1.54) is 0 Å². The number of nitrogens with zero attached hydrogens (tertiary/aromatic N) is 1. The Labute approximate surface area is 110 Å². The molecule has 1 atom stereocenters. The Morgan fingerprint density at radius 2 is 2.17 bits per heavy atom. The maximum atomic E-state index is 11.2. The molecule has 1 aromatic carbocycles. The van der Waals surface area contributed by atoms with Gasteiger partial charge in [0.2, 0.25) is 5.91 Å². The number of benzene rings is 1. The van der Waals surface area contributed by atoms with Crippen LogP contribution in [0.3, 0.4) is 0 Å². The molecular formula is C13H14ClN3O. The molecule has 0 aliphatic heterocycles. The summed E-state index contributed by atoms with van der Waals surface area (Å²) in [5, 5.41) is 1.52. The summed E-state index contributed by atoms with van der Waals surface area (Å²) in [4.78, 5) is 15.5. The van der Waals surface area contributed by atoms with Crippen molar-refractivity contribution in [2.75, 3.05) is 6.54 Å². The first kappa shape index (κ1) is 12.8. The average Bonchev–Trinajstić information content (AvgIpc) is 2.38. The Morgan fingerprint density at radius 1 is 1.39 bits per heavy atom. The molecule has 0 aliphatic carbocycles.